The number of rotatable bonds is 4. The summed E-state index contributed by atoms with van der Waals surface area (Å²) >= 11 is 0. The molecule has 1 atom stereocenters. The Kier molecular flexibility index (Phi) is 5.89. The van der Waals surface area contributed by atoms with Gasteiger partial charge in [0.25, 0.3) is 0 Å². The average Bonchev–Trinajstić information content (AvgIpc) is 3.44. The van der Waals surface area contributed by atoms with E-state index in [9.17, 15) is 4.79 Å². The van der Waals surface area contributed by atoms with Crippen LogP contribution in [0.3, 0.4) is 0 Å². The smallest absolute Gasteiger partial charge is 0.414 e. The number of carbonyl (C=O) groups excluding carboxylic acids is 1. The monoisotopic (exact) mass is 449 g/mol. The Bertz CT molecular complexity index is 1160. The van der Waals surface area contributed by atoms with Crippen LogP contribution in [0.2, 0.25) is 0 Å². The Labute approximate surface area is 195 Å². The summed E-state index contributed by atoms with van der Waals surface area (Å²) in [6.07, 6.45) is 11.9. The number of aryl methyl sites for hydroxylation is 1. The number of imidazole rings is 1. The fourth-order valence-corrected chi connectivity index (χ4v) is 5.59. The van der Waals surface area contributed by atoms with Crippen molar-refractivity contribution in [1.29, 1.82) is 0 Å². The average molecular weight is 450 g/mol. The van der Waals surface area contributed by atoms with E-state index in [1.165, 1.54) is 50.3 Å². The normalized spacial score (nSPS) is 19.3. The second-order valence-electron chi connectivity index (χ2n) is 9.97. The third-order valence-corrected chi connectivity index (χ3v) is 7.46. The molecule has 1 saturated carbocycles. The van der Waals surface area contributed by atoms with Crippen molar-refractivity contribution in [3.8, 4) is 0 Å². The SMILES string of the molecule is COC(=O)N1c2ccc3c(nc(Cn4cc(C(C)C)cn4)n3C3CCCCC3)c2CC[C@@H]1C. The van der Waals surface area contributed by atoms with Gasteiger partial charge < -0.3 is 9.30 Å². The van der Waals surface area contributed by atoms with Crippen LogP contribution in [-0.4, -0.2) is 38.6 Å². The van der Waals surface area contributed by atoms with E-state index in [1.54, 1.807) is 4.90 Å². The molecule has 1 aromatic carbocycles. The summed E-state index contributed by atoms with van der Waals surface area (Å²) in [6, 6.07) is 4.84. The first kappa shape index (κ1) is 22.0. The Morgan fingerprint density at radius 3 is 2.67 bits per heavy atom. The number of amides is 1. The lowest BCUT2D eigenvalue weighted by Crippen LogP contribution is -2.42. The van der Waals surface area contributed by atoms with Crippen molar-refractivity contribution in [2.24, 2.45) is 0 Å². The van der Waals surface area contributed by atoms with E-state index in [2.05, 4.69) is 48.8 Å². The molecule has 0 bridgehead atoms. The maximum atomic E-state index is 12.6. The Morgan fingerprint density at radius 1 is 1.18 bits per heavy atom. The van der Waals surface area contributed by atoms with Crippen LogP contribution >= 0.6 is 0 Å². The van der Waals surface area contributed by atoms with Crippen LogP contribution < -0.4 is 4.90 Å². The number of benzene rings is 1. The summed E-state index contributed by atoms with van der Waals surface area (Å²) in [5.41, 5.74) is 5.57. The zero-order valence-corrected chi connectivity index (χ0v) is 20.3. The molecule has 3 heterocycles. The molecule has 2 aliphatic rings. The van der Waals surface area contributed by atoms with Crippen LogP contribution in [0.4, 0.5) is 10.5 Å². The quantitative estimate of drug-likeness (QED) is 0.504. The molecule has 0 saturated heterocycles. The molecule has 7 nitrogen and oxygen atoms in total. The van der Waals surface area contributed by atoms with Gasteiger partial charge in [-0.2, -0.15) is 5.10 Å². The third kappa shape index (κ3) is 3.91. The summed E-state index contributed by atoms with van der Waals surface area (Å²) in [4.78, 5) is 19.6. The zero-order valence-electron chi connectivity index (χ0n) is 20.3. The van der Waals surface area contributed by atoms with Gasteiger partial charge in [0.2, 0.25) is 0 Å². The molecule has 2 aromatic heterocycles. The highest BCUT2D eigenvalue weighted by atomic mass is 16.5. The number of carbonyl (C=O) groups is 1. The van der Waals surface area contributed by atoms with E-state index in [-0.39, 0.29) is 12.1 Å². The van der Waals surface area contributed by atoms with Crippen molar-refractivity contribution in [1.82, 2.24) is 19.3 Å². The van der Waals surface area contributed by atoms with Crippen molar-refractivity contribution in [3.63, 3.8) is 0 Å². The predicted octanol–water partition coefficient (Wildman–Crippen LogP) is 5.82. The minimum Gasteiger partial charge on any atom is -0.452 e. The van der Waals surface area contributed by atoms with E-state index < -0.39 is 0 Å². The predicted molar refractivity (Wildman–Crippen MR) is 130 cm³/mol. The summed E-state index contributed by atoms with van der Waals surface area (Å²) in [5.74, 6) is 1.51. The van der Waals surface area contributed by atoms with Crippen LogP contribution in [0.25, 0.3) is 11.0 Å². The molecular formula is C26H35N5O2. The maximum absolute atomic E-state index is 12.6. The van der Waals surface area contributed by atoms with E-state index in [0.29, 0.717) is 18.5 Å². The summed E-state index contributed by atoms with van der Waals surface area (Å²) in [5, 5.41) is 4.63. The fourth-order valence-electron chi connectivity index (χ4n) is 5.59. The van der Waals surface area contributed by atoms with Gasteiger partial charge in [0.1, 0.15) is 5.82 Å². The number of nitrogens with zero attached hydrogens (tertiary/aromatic N) is 5. The fraction of sp³-hybridized carbons (Fsp3) is 0.577. The van der Waals surface area contributed by atoms with E-state index in [0.717, 1.165) is 35.4 Å². The van der Waals surface area contributed by atoms with Gasteiger partial charge in [0.05, 0.1) is 36.6 Å². The molecule has 0 radical (unpaired) electrons. The molecule has 1 amide bonds. The van der Waals surface area contributed by atoms with Gasteiger partial charge in [-0.05, 0) is 56.2 Å². The van der Waals surface area contributed by atoms with Crippen molar-refractivity contribution in [2.75, 3.05) is 12.0 Å². The van der Waals surface area contributed by atoms with Crippen molar-refractivity contribution >= 4 is 22.8 Å². The number of hydrogen-bond donors (Lipinski definition) is 0. The Morgan fingerprint density at radius 2 is 1.97 bits per heavy atom. The molecule has 1 aliphatic heterocycles. The van der Waals surface area contributed by atoms with Gasteiger partial charge in [0, 0.05) is 23.8 Å². The number of methoxy groups -OCH3 is 1. The zero-order chi connectivity index (χ0) is 23.1. The van der Waals surface area contributed by atoms with E-state index in [1.807, 2.05) is 10.9 Å². The van der Waals surface area contributed by atoms with Crippen LogP contribution in [0.1, 0.15) is 88.2 Å². The molecule has 3 aromatic rings. The number of ether oxygens (including phenoxy) is 1. The van der Waals surface area contributed by atoms with Gasteiger partial charge in [-0.25, -0.2) is 9.78 Å². The minimum atomic E-state index is -0.299. The Hall–Kier alpha value is -2.83. The highest BCUT2D eigenvalue weighted by Gasteiger charge is 2.32. The number of hydrogen-bond acceptors (Lipinski definition) is 4. The van der Waals surface area contributed by atoms with Crippen molar-refractivity contribution in [3.05, 3.63) is 41.5 Å². The largest absolute Gasteiger partial charge is 0.452 e. The molecule has 7 heteroatoms. The lowest BCUT2D eigenvalue weighted by atomic mass is 9.94. The summed E-state index contributed by atoms with van der Waals surface area (Å²) in [6.45, 7) is 7.13. The van der Waals surface area contributed by atoms with E-state index >= 15 is 0 Å². The highest BCUT2D eigenvalue weighted by Crippen LogP contribution is 2.39. The lowest BCUT2D eigenvalue weighted by Gasteiger charge is -2.34. The second kappa shape index (κ2) is 8.84. The first-order chi connectivity index (χ1) is 16.0. The molecule has 176 valence electrons. The van der Waals surface area contributed by atoms with Gasteiger partial charge in [0.15, 0.2) is 0 Å². The van der Waals surface area contributed by atoms with Gasteiger partial charge >= 0.3 is 6.09 Å². The molecule has 33 heavy (non-hydrogen) atoms. The third-order valence-electron chi connectivity index (χ3n) is 7.46. The Balaban J connectivity index is 1.63. The molecule has 1 aliphatic carbocycles. The number of anilines is 1. The van der Waals surface area contributed by atoms with Gasteiger partial charge in [-0.3, -0.25) is 9.58 Å². The minimum absolute atomic E-state index is 0.112. The first-order valence-electron chi connectivity index (χ1n) is 12.4. The number of fused-ring (bicyclic) bond motifs is 3. The van der Waals surface area contributed by atoms with Crippen LogP contribution in [0.5, 0.6) is 0 Å². The standard InChI is InChI=1S/C26H35N5O2/c1-17(2)19-14-27-29(15-19)16-24-28-25-21-11-10-18(3)30(26(32)33-4)22(21)12-13-23(25)31(24)20-8-6-5-7-9-20/h12-15,17-18,20H,5-11,16H2,1-4H3/t18-/m0/s1. The van der Waals surface area contributed by atoms with Crippen LogP contribution in [0.15, 0.2) is 24.5 Å². The lowest BCUT2D eigenvalue weighted by molar-refractivity contribution is 0.175. The number of aromatic nitrogens is 4. The molecule has 1 fully saturated rings. The first-order valence-corrected chi connectivity index (χ1v) is 12.4. The highest BCUT2D eigenvalue weighted by molar-refractivity contribution is 5.95. The van der Waals surface area contributed by atoms with E-state index in [4.69, 9.17) is 9.72 Å². The molecule has 0 spiro atoms. The van der Waals surface area contributed by atoms with Crippen LogP contribution in [-0.2, 0) is 17.7 Å². The van der Waals surface area contributed by atoms with Crippen LogP contribution in [0, 0.1) is 0 Å². The molecular weight excluding hydrogens is 414 g/mol. The molecule has 5 rings (SSSR count). The summed E-state index contributed by atoms with van der Waals surface area (Å²) in [7, 11) is 1.45. The second-order valence-corrected chi connectivity index (χ2v) is 9.97. The van der Waals surface area contributed by atoms with Crippen molar-refractivity contribution < 1.29 is 9.53 Å². The van der Waals surface area contributed by atoms with Crippen molar-refractivity contribution in [2.45, 2.75) is 90.3 Å². The van der Waals surface area contributed by atoms with Gasteiger partial charge in [-0.15, -0.1) is 0 Å². The molecule has 0 N–H and O–H groups in total. The summed E-state index contributed by atoms with van der Waals surface area (Å²) < 4.78 is 9.60. The molecule has 0 unspecified atom stereocenters. The maximum Gasteiger partial charge on any atom is 0.414 e. The topological polar surface area (TPSA) is 65.2 Å². The van der Waals surface area contributed by atoms with Gasteiger partial charge in [-0.1, -0.05) is 33.1 Å².